The molecule has 9 heteroatoms. The van der Waals surface area contributed by atoms with Crippen LogP contribution in [-0.2, 0) is 11.3 Å². The van der Waals surface area contributed by atoms with Crippen LogP contribution < -0.4 is 5.32 Å². The molecule has 1 aliphatic heterocycles. The zero-order chi connectivity index (χ0) is 24.0. The Kier molecular flexibility index (Phi) is 9.32. The molecule has 1 N–H and O–H groups in total. The molecule has 178 valence electrons. The molecule has 1 atom stereocenters. The Balaban J connectivity index is 1.48. The zero-order valence-electron chi connectivity index (χ0n) is 19.0. The van der Waals surface area contributed by atoms with Gasteiger partial charge in [-0.25, -0.2) is 4.98 Å². The molecule has 0 aliphatic carbocycles. The van der Waals surface area contributed by atoms with Crippen molar-refractivity contribution < 1.29 is 9.59 Å². The Labute approximate surface area is 209 Å². The molecule has 1 unspecified atom stereocenters. The topological polar surface area (TPSA) is 65.5 Å². The fraction of sp³-hybridized carbons (Fsp3) is 0.458. The summed E-state index contributed by atoms with van der Waals surface area (Å²) in [5.41, 5.74) is 2.23. The van der Waals surface area contributed by atoms with Crippen LogP contribution in [-0.4, -0.2) is 58.3 Å². The van der Waals surface area contributed by atoms with Crippen molar-refractivity contribution in [3.8, 4) is 0 Å². The van der Waals surface area contributed by atoms with Gasteiger partial charge in [-0.3, -0.25) is 9.59 Å². The highest BCUT2D eigenvalue weighted by Gasteiger charge is 2.29. The second-order valence-corrected chi connectivity index (χ2v) is 9.92. The molecule has 1 saturated heterocycles. The van der Waals surface area contributed by atoms with Gasteiger partial charge in [0.15, 0.2) is 0 Å². The highest BCUT2D eigenvalue weighted by atomic mass is 35.5. The van der Waals surface area contributed by atoms with Crippen molar-refractivity contribution in [2.45, 2.75) is 51.7 Å². The second-order valence-electron chi connectivity index (χ2n) is 8.39. The van der Waals surface area contributed by atoms with Crippen LogP contribution in [0.2, 0.25) is 10.3 Å². The van der Waals surface area contributed by atoms with Gasteiger partial charge in [0.05, 0.1) is 5.56 Å². The number of piperidine rings is 1. The van der Waals surface area contributed by atoms with Gasteiger partial charge in [-0.2, -0.15) is 11.3 Å². The van der Waals surface area contributed by atoms with Gasteiger partial charge in [-0.05, 0) is 73.2 Å². The fourth-order valence-electron chi connectivity index (χ4n) is 4.26. The van der Waals surface area contributed by atoms with E-state index in [1.807, 2.05) is 10.3 Å². The highest BCUT2D eigenvalue weighted by Crippen LogP contribution is 2.23. The van der Waals surface area contributed by atoms with Gasteiger partial charge in [0, 0.05) is 38.3 Å². The number of hydrogen-bond donors (Lipinski definition) is 1. The van der Waals surface area contributed by atoms with Crippen LogP contribution in [0, 0.1) is 6.92 Å². The molecule has 1 fully saturated rings. The molecule has 0 radical (unpaired) electrons. The molecule has 3 heterocycles. The summed E-state index contributed by atoms with van der Waals surface area (Å²) in [5.74, 6) is -0.249. The lowest BCUT2D eigenvalue weighted by Crippen LogP contribution is -2.49. The normalized spacial score (nSPS) is 15.8. The van der Waals surface area contributed by atoms with Crippen molar-refractivity contribution in [2.24, 2.45) is 0 Å². The maximum Gasteiger partial charge on any atom is 0.254 e. The SMILES string of the molecule is C=CC(=O)N(Cc1ccsc1)C1CCN(C(C)CCNC(=O)c2c(C)cc(Cl)nc2Cl)CC1. The monoisotopic (exact) mass is 508 g/mol. The van der Waals surface area contributed by atoms with E-state index < -0.39 is 0 Å². The van der Waals surface area contributed by atoms with Crippen LogP contribution in [0.25, 0.3) is 0 Å². The Bertz CT molecular complexity index is 952. The third-order valence-electron chi connectivity index (χ3n) is 6.17. The highest BCUT2D eigenvalue weighted by molar-refractivity contribution is 7.07. The number of aromatic nitrogens is 1. The minimum absolute atomic E-state index is 0.0129. The molecule has 1 aliphatic rings. The number of likely N-dealkylation sites (tertiary alicyclic amines) is 1. The van der Waals surface area contributed by atoms with Crippen molar-refractivity contribution in [3.05, 3.63) is 62.5 Å². The first kappa shape index (κ1) is 25.7. The number of aryl methyl sites for hydroxylation is 1. The third kappa shape index (κ3) is 6.79. The summed E-state index contributed by atoms with van der Waals surface area (Å²) in [5, 5.41) is 7.46. The van der Waals surface area contributed by atoms with Crippen molar-refractivity contribution >= 4 is 46.4 Å². The number of thiophene rings is 1. The summed E-state index contributed by atoms with van der Waals surface area (Å²) in [7, 11) is 0. The molecule has 6 nitrogen and oxygen atoms in total. The lowest BCUT2D eigenvalue weighted by molar-refractivity contribution is -0.130. The lowest BCUT2D eigenvalue weighted by atomic mass is 10.00. The molecule has 2 aromatic rings. The first-order chi connectivity index (χ1) is 15.8. The molecule has 0 spiro atoms. The zero-order valence-corrected chi connectivity index (χ0v) is 21.3. The molecule has 2 amide bonds. The molecule has 0 bridgehead atoms. The summed E-state index contributed by atoms with van der Waals surface area (Å²) in [6.07, 6.45) is 4.07. The van der Waals surface area contributed by atoms with E-state index >= 15 is 0 Å². The van der Waals surface area contributed by atoms with E-state index in [-0.39, 0.29) is 28.2 Å². The molecular formula is C24H30Cl2N4O2S. The first-order valence-electron chi connectivity index (χ1n) is 11.1. The van der Waals surface area contributed by atoms with E-state index in [9.17, 15) is 9.59 Å². The van der Waals surface area contributed by atoms with Gasteiger partial charge >= 0.3 is 0 Å². The number of nitrogens with zero attached hydrogens (tertiary/aromatic N) is 3. The van der Waals surface area contributed by atoms with E-state index in [4.69, 9.17) is 23.2 Å². The lowest BCUT2D eigenvalue weighted by Gasteiger charge is -2.40. The number of hydrogen-bond acceptors (Lipinski definition) is 5. The van der Waals surface area contributed by atoms with Gasteiger partial charge in [0.2, 0.25) is 5.91 Å². The third-order valence-corrected chi connectivity index (χ3v) is 7.37. The number of carbonyl (C=O) groups excluding carboxylic acids is 2. The number of halogens is 2. The number of pyridine rings is 1. The Morgan fingerprint density at radius 3 is 2.73 bits per heavy atom. The molecule has 0 aromatic carbocycles. The van der Waals surface area contributed by atoms with Crippen LogP contribution in [0.4, 0.5) is 0 Å². The maximum atomic E-state index is 12.6. The minimum Gasteiger partial charge on any atom is -0.352 e. The molecule has 3 rings (SSSR count). The van der Waals surface area contributed by atoms with Crippen LogP contribution >= 0.6 is 34.5 Å². The smallest absolute Gasteiger partial charge is 0.254 e. The predicted molar refractivity (Wildman–Crippen MR) is 135 cm³/mol. The second kappa shape index (κ2) is 12.0. The Morgan fingerprint density at radius 1 is 1.39 bits per heavy atom. The summed E-state index contributed by atoms with van der Waals surface area (Å²) >= 11 is 13.6. The molecule has 0 saturated carbocycles. The van der Waals surface area contributed by atoms with Crippen molar-refractivity contribution in [2.75, 3.05) is 19.6 Å². The molecule has 2 aromatic heterocycles. The largest absolute Gasteiger partial charge is 0.352 e. The minimum atomic E-state index is -0.236. The van der Waals surface area contributed by atoms with Crippen molar-refractivity contribution in [3.63, 3.8) is 0 Å². The average Bonchev–Trinajstić information content (AvgIpc) is 3.29. The van der Waals surface area contributed by atoms with Gasteiger partial charge in [0.1, 0.15) is 10.3 Å². The number of nitrogens with one attached hydrogen (secondary N) is 1. The van der Waals surface area contributed by atoms with Crippen molar-refractivity contribution in [1.29, 1.82) is 0 Å². The van der Waals surface area contributed by atoms with E-state index in [0.717, 1.165) is 37.9 Å². The molecular weight excluding hydrogens is 479 g/mol. The van der Waals surface area contributed by atoms with E-state index in [1.165, 1.54) is 6.08 Å². The van der Waals surface area contributed by atoms with Gasteiger partial charge in [-0.1, -0.05) is 29.8 Å². The van der Waals surface area contributed by atoms with Crippen LogP contribution in [0.15, 0.2) is 35.5 Å². The number of amides is 2. The van der Waals surface area contributed by atoms with Crippen LogP contribution in [0.3, 0.4) is 0 Å². The summed E-state index contributed by atoms with van der Waals surface area (Å²) in [4.78, 5) is 33.4. The maximum absolute atomic E-state index is 12.6. The fourth-order valence-corrected chi connectivity index (χ4v) is 5.53. The van der Waals surface area contributed by atoms with Gasteiger partial charge < -0.3 is 15.1 Å². The van der Waals surface area contributed by atoms with Crippen LogP contribution in [0.5, 0.6) is 0 Å². The Hall–Kier alpha value is -1.93. The predicted octanol–water partition coefficient (Wildman–Crippen LogP) is 4.95. The van der Waals surface area contributed by atoms with E-state index in [0.29, 0.717) is 30.3 Å². The van der Waals surface area contributed by atoms with E-state index in [1.54, 1.807) is 24.3 Å². The van der Waals surface area contributed by atoms with Crippen molar-refractivity contribution in [1.82, 2.24) is 20.1 Å². The van der Waals surface area contributed by atoms with Gasteiger partial charge in [0.25, 0.3) is 5.91 Å². The number of rotatable bonds is 9. The quantitative estimate of drug-likeness (QED) is 0.384. The average molecular weight is 510 g/mol. The van der Waals surface area contributed by atoms with Crippen LogP contribution in [0.1, 0.15) is 47.7 Å². The summed E-state index contributed by atoms with van der Waals surface area (Å²) in [6.45, 7) is 10.6. The summed E-state index contributed by atoms with van der Waals surface area (Å²) < 4.78 is 0. The Morgan fingerprint density at radius 2 is 2.12 bits per heavy atom. The van der Waals surface area contributed by atoms with Gasteiger partial charge in [-0.15, -0.1) is 0 Å². The first-order valence-corrected chi connectivity index (χ1v) is 12.8. The van der Waals surface area contributed by atoms with E-state index in [2.05, 4.69) is 40.1 Å². The standard InChI is InChI=1S/C24H30Cl2N4O2S/c1-4-21(31)30(14-18-8-12-33-15-18)19-6-10-29(11-7-19)17(3)5-9-27-24(32)22-16(2)13-20(25)28-23(22)26/h4,8,12-13,15,17,19H,1,5-7,9-11,14H2,2-3H3,(H,27,32). The summed E-state index contributed by atoms with van der Waals surface area (Å²) in [6, 6.07) is 4.22. The molecule has 33 heavy (non-hydrogen) atoms. The number of carbonyl (C=O) groups is 2.